The zero-order valence-electron chi connectivity index (χ0n) is 10.9. The monoisotopic (exact) mass is 238 g/mol. The van der Waals surface area contributed by atoms with Crippen LogP contribution in [0.25, 0.3) is 0 Å². The Kier molecular flexibility index (Phi) is 14.6. The van der Waals surface area contributed by atoms with Crippen molar-refractivity contribution in [2.45, 2.75) is 26.4 Å². The topological polar surface area (TPSA) is 68.2 Å². The molecule has 0 bridgehead atoms. The second kappa shape index (κ2) is 12.9. The molecule has 0 amide bonds. The highest BCUT2D eigenvalue weighted by atomic mass is 16.5. The van der Waals surface area contributed by atoms with Crippen LogP contribution in [-0.4, -0.2) is 62.6 Å². The largest absolute Gasteiger partial charge is 0.394 e. The van der Waals surface area contributed by atoms with Gasteiger partial charge in [-0.25, -0.2) is 0 Å². The van der Waals surface area contributed by atoms with Crippen molar-refractivity contribution in [3.05, 3.63) is 0 Å². The highest BCUT2D eigenvalue weighted by Gasteiger charge is 2.07. The molecule has 2 N–H and O–H groups in total. The fourth-order valence-corrected chi connectivity index (χ4v) is 0.661. The van der Waals surface area contributed by atoms with E-state index in [0.717, 1.165) is 0 Å². The van der Waals surface area contributed by atoms with Crippen molar-refractivity contribution in [3.63, 3.8) is 0 Å². The Labute approximate surface area is 98.3 Å². The van der Waals surface area contributed by atoms with E-state index in [1.54, 1.807) is 7.11 Å². The Morgan fingerprint density at radius 1 is 0.875 bits per heavy atom. The zero-order valence-corrected chi connectivity index (χ0v) is 10.9. The van der Waals surface area contributed by atoms with Gasteiger partial charge in [0.2, 0.25) is 0 Å². The summed E-state index contributed by atoms with van der Waals surface area (Å²) in [5.74, 6) is 0. The Morgan fingerprint density at radius 2 is 1.44 bits per heavy atom. The molecule has 16 heavy (non-hydrogen) atoms. The van der Waals surface area contributed by atoms with Crippen LogP contribution in [0.15, 0.2) is 0 Å². The molecule has 5 heteroatoms. The summed E-state index contributed by atoms with van der Waals surface area (Å²) >= 11 is 0. The van der Waals surface area contributed by atoms with Crippen LogP contribution in [-0.2, 0) is 14.2 Å². The molecule has 0 saturated heterocycles. The van der Waals surface area contributed by atoms with E-state index in [-0.39, 0.29) is 18.8 Å². The average molecular weight is 238 g/mol. The highest BCUT2D eigenvalue weighted by Crippen LogP contribution is 2.04. The third kappa shape index (κ3) is 23.5. The van der Waals surface area contributed by atoms with Gasteiger partial charge < -0.3 is 24.4 Å². The lowest BCUT2D eigenvalue weighted by molar-refractivity contribution is -0.0199. The molecule has 0 aliphatic rings. The third-order valence-electron chi connectivity index (χ3n) is 1.29. The van der Waals surface area contributed by atoms with Gasteiger partial charge in [0.1, 0.15) is 0 Å². The van der Waals surface area contributed by atoms with Crippen molar-refractivity contribution in [2.75, 3.05) is 46.8 Å². The van der Waals surface area contributed by atoms with Crippen molar-refractivity contribution < 1.29 is 24.4 Å². The second-order valence-electron chi connectivity index (χ2n) is 4.01. The number of hydrogen-bond donors (Lipinski definition) is 2. The predicted octanol–water partition coefficient (Wildman–Crippen LogP) is 0.435. The van der Waals surface area contributed by atoms with Crippen molar-refractivity contribution >= 4 is 0 Å². The van der Waals surface area contributed by atoms with Gasteiger partial charge in [-0.15, -0.1) is 0 Å². The number of rotatable bonds is 7. The molecule has 0 rings (SSSR count). The summed E-state index contributed by atoms with van der Waals surface area (Å²) in [4.78, 5) is 0. The molecular weight excluding hydrogens is 212 g/mol. The number of hydrogen-bond acceptors (Lipinski definition) is 5. The van der Waals surface area contributed by atoms with Crippen LogP contribution in [0.2, 0.25) is 0 Å². The van der Waals surface area contributed by atoms with E-state index >= 15 is 0 Å². The molecule has 0 atom stereocenters. The Hall–Kier alpha value is -0.200. The first-order chi connectivity index (χ1) is 7.47. The first kappa shape index (κ1) is 18.2. The van der Waals surface area contributed by atoms with Crippen LogP contribution in [0.1, 0.15) is 20.8 Å². The smallest absolute Gasteiger partial charge is 0.0704 e. The number of aliphatic hydroxyl groups excluding tert-OH is 2. The molecule has 0 aromatic heterocycles. The molecule has 5 nitrogen and oxygen atoms in total. The molecule has 0 fully saturated rings. The van der Waals surface area contributed by atoms with E-state index in [2.05, 4.69) is 4.74 Å². The van der Waals surface area contributed by atoms with Gasteiger partial charge in [0.05, 0.1) is 45.2 Å². The Morgan fingerprint density at radius 3 is 1.75 bits per heavy atom. The maximum absolute atomic E-state index is 8.30. The van der Waals surface area contributed by atoms with Crippen LogP contribution >= 0.6 is 0 Å². The first-order valence-corrected chi connectivity index (χ1v) is 5.40. The van der Waals surface area contributed by atoms with Gasteiger partial charge in [-0.2, -0.15) is 0 Å². The molecule has 100 valence electrons. The molecule has 0 aliphatic heterocycles. The summed E-state index contributed by atoms with van der Waals surface area (Å²) in [6.45, 7) is 8.08. The van der Waals surface area contributed by atoms with Gasteiger partial charge in [-0.3, -0.25) is 0 Å². The quantitative estimate of drug-likeness (QED) is 0.630. The van der Waals surface area contributed by atoms with Gasteiger partial charge in [0, 0.05) is 7.11 Å². The summed E-state index contributed by atoms with van der Waals surface area (Å²) in [7, 11) is 1.61. The van der Waals surface area contributed by atoms with Gasteiger partial charge in [-0.05, 0) is 20.8 Å². The van der Waals surface area contributed by atoms with Crippen molar-refractivity contribution in [3.8, 4) is 0 Å². The molecule has 0 heterocycles. The maximum Gasteiger partial charge on any atom is 0.0704 e. The van der Waals surface area contributed by atoms with Gasteiger partial charge in [0.25, 0.3) is 0 Å². The second-order valence-corrected chi connectivity index (χ2v) is 4.01. The van der Waals surface area contributed by atoms with E-state index in [9.17, 15) is 0 Å². The Balaban J connectivity index is 0. The van der Waals surface area contributed by atoms with Gasteiger partial charge >= 0.3 is 0 Å². The van der Waals surface area contributed by atoms with E-state index in [4.69, 9.17) is 19.7 Å². The summed E-state index contributed by atoms with van der Waals surface area (Å²) in [6, 6.07) is 0. The normalized spacial score (nSPS) is 10.9. The number of methoxy groups -OCH3 is 1. The van der Waals surface area contributed by atoms with Crippen LogP contribution in [0.5, 0.6) is 0 Å². The van der Waals surface area contributed by atoms with E-state index < -0.39 is 0 Å². The van der Waals surface area contributed by atoms with Crippen LogP contribution in [0.4, 0.5) is 0 Å². The van der Waals surface area contributed by atoms with E-state index in [0.29, 0.717) is 26.4 Å². The maximum atomic E-state index is 8.30. The van der Waals surface area contributed by atoms with Crippen molar-refractivity contribution in [1.82, 2.24) is 0 Å². The van der Waals surface area contributed by atoms with Gasteiger partial charge in [0.15, 0.2) is 0 Å². The lowest BCUT2D eigenvalue weighted by Gasteiger charge is -2.18. The minimum absolute atomic E-state index is 0.0870. The highest BCUT2D eigenvalue weighted by molar-refractivity contribution is 4.57. The lowest BCUT2D eigenvalue weighted by atomic mass is 10.2. The van der Waals surface area contributed by atoms with E-state index in [1.807, 2.05) is 20.8 Å². The summed E-state index contributed by atoms with van der Waals surface area (Å²) < 4.78 is 14.7. The minimum atomic E-state index is -0.108. The zero-order chi connectivity index (χ0) is 12.9. The predicted molar refractivity (Wildman–Crippen MR) is 62.6 cm³/mol. The number of aliphatic hydroxyl groups is 2. The molecule has 0 unspecified atom stereocenters. The van der Waals surface area contributed by atoms with Crippen LogP contribution in [0, 0.1) is 0 Å². The molecule has 0 aromatic carbocycles. The summed E-state index contributed by atoms with van der Waals surface area (Å²) in [5, 5.41) is 16.5. The standard InChI is InChI=1S/C6H14O2.C5H12O3/c1-6(2,3)8-5-4-7;1-7-4-5-8-3-2-6/h7H,4-5H2,1-3H3;6H,2-5H2,1H3. The molecule has 0 aromatic rings. The molecule has 0 spiro atoms. The summed E-state index contributed by atoms with van der Waals surface area (Å²) in [6.07, 6.45) is 0. The van der Waals surface area contributed by atoms with Crippen molar-refractivity contribution in [2.24, 2.45) is 0 Å². The van der Waals surface area contributed by atoms with Crippen molar-refractivity contribution in [1.29, 1.82) is 0 Å². The number of ether oxygens (including phenoxy) is 3. The SMILES string of the molecule is CC(C)(C)OCCO.COCCOCCO. The fraction of sp³-hybridized carbons (Fsp3) is 1.00. The van der Waals surface area contributed by atoms with E-state index in [1.165, 1.54) is 0 Å². The molecular formula is C11H26O5. The first-order valence-electron chi connectivity index (χ1n) is 5.40. The van der Waals surface area contributed by atoms with Crippen LogP contribution < -0.4 is 0 Å². The molecule has 0 radical (unpaired) electrons. The third-order valence-corrected chi connectivity index (χ3v) is 1.29. The minimum Gasteiger partial charge on any atom is -0.394 e. The average Bonchev–Trinajstić information content (AvgIpc) is 2.22. The summed E-state index contributed by atoms with van der Waals surface area (Å²) in [5.41, 5.74) is -0.108. The van der Waals surface area contributed by atoms with Crippen LogP contribution in [0.3, 0.4) is 0 Å². The lowest BCUT2D eigenvalue weighted by Crippen LogP contribution is -2.20. The fourth-order valence-electron chi connectivity index (χ4n) is 0.661. The molecule has 0 saturated carbocycles. The Bertz CT molecular complexity index is 116. The molecule has 0 aliphatic carbocycles. The van der Waals surface area contributed by atoms with Gasteiger partial charge in [-0.1, -0.05) is 0 Å².